The molecule has 0 saturated carbocycles. The molecular weight excluding hydrogens is 226 g/mol. The summed E-state index contributed by atoms with van der Waals surface area (Å²) in [5.41, 5.74) is 0.212. The van der Waals surface area contributed by atoms with Crippen molar-refractivity contribution >= 4 is 23.5 Å². The molecule has 0 saturated heterocycles. The van der Waals surface area contributed by atoms with E-state index >= 15 is 0 Å². The molecule has 6 heteroatoms. The maximum absolute atomic E-state index is 11.2. The summed E-state index contributed by atoms with van der Waals surface area (Å²) in [6.07, 6.45) is 5.01. The first-order valence-electron chi connectivity index (χ1n) is 4.83. The molecule has 1 atom stereocenters. The second kappa shape index (κ2) is 6.32. The molecule has 1 unspecified atom stereocenters. The second-order valence-electron chi connectivity index (χ2n) is 3.28. The van der Waals surface area contributed by atoms with Crippen LogP contribution in [0, 0.1) is 0 Å². The van der Waals surface area contributed by atoms with Gasteiger partial charge in [0.1, 0.15) is 5.82 Å². The van der Waals surface area contributed by atoms with Gasteiger partial charge < -0.3 is 10.1 Å². The summed E-state index contributed by atoms with van der Waals surface area (Å²) in [4.78, 5) is 19.3. The predicted octanol–water partition coefficient (Wildman–Crippen LogP) is 1.43. The number of esters is 1. The van der Waals surface area contributed by atoms with Crippen molar-refractivity contribution < 1.29 is 9.53 Å². The molecular formula is C10H15N3O2S. The third-order valence-electron chi connectivity index (χ3n) is 1.84. The molecule has 0 aliphatic carbocycles. The molecule has 16 heavy (non-hydrogen) atoms. The molecule has 0 fully saturated rings. The van der Waals surface area contributed by atoms with Crippen molar-refractivity contribution in [3.63, 3.8) is 0 Å². The van der Waals surface area contributed by atoms with Gasteiger partial charge in [0.15, 0.2) is 5.69 Å². The van der Waals surface area contributed by atoms with E-state index in [0.717, 1.165) is 5.75 Å². The van der Waals surface area contributed by atoms with Gasteiger partial charge >= 0.3 is 5.97 Å². The van der Waals surface area contributed by atoms with Crippen molar-refractivity contribution in [2.45, 2.75) is 13.0 Å². The van der Waals surface area contributed by atoms with Crippen LogP contribution in [0.25, 0.3) is 0 Å². The lowest BCUT2D eigenvalue weighted by Crippen LogP contribution is -2.19. The van der Waals surface area contributed by atoms with Crippen LogP contribution in [0.5, 0.6) is 0 Å². The van der Waals surface area contributed by atoms with Crippen LogP contribution < -0.4 is 5.32 Å². The highest BCUT2D eigenvalue weighted by Crippen LogP contribution is 2.07. The fourth-order valence-corrected chi connectivity index (χ4v) is 1.77. The first-order chi connectivity index (χ1) is 7.67. The van der Waals surface area contributed by atoms with Crippen molar-refractivity contribution in [2.75, 3.05) is 24.4 Å². The Morgan fingerprint density at radius 3 is 3.00 bits per heavy atom. The van der Waals surface area contributed by atoms with E-state index in [2.05, 4.69) is 20.0 Å². The van der Waals surface area contributed by atoms with E-state index in [4.69, 9.17) is 0 Å². The van der Waals surface area contributed by atoms with Gasteiger partial charge in [-0.3, -0.25) is 4.98 Å². The minimum absolute atomic E-state index is 0.212. The highest BCUT2D eigenvalue weighted by molar-refractivity contribution is 7.98. The third-order valence-corrected chi connectivity index (χ3v) is 2.67. The third kappa shape index (κ3) is 3.69. The smallest absolute Gasteiger partial charge is 0.358 e. The Labute approximate surface area is 99.0 Å². The number of thioether (sulfide) groups is 1. The molecule has 0 spiro atoms. The van der Waals surface area contributed by atoms with Gasteiger partial charge in [-0.2, -0.15) is 11.8 Å². The summed E-state index contributed by atoms with van der Waals surface area (Å²) in [5.74, 6) is 1.07. The lowest BCUT2D eigenvalue weighted by Gasteiger charge is -2.12. The number of anilines is 1. The quantitative estimate of drug-likeness (QED) is 0.787. The molecule has 1 N–H and O–H groups in total. The molecule has 0 aromatic carbocycles. The van der Waals surface area contributed by atoms with Crippen LogP contribution in [0.1, 0.15) is 17.4 Å². The van der Waals surface area contributed by atoms with Gasteiger partial charge in [-0.25, -0.2) is 9.78 Å². The highest BCUT2D eigenvalue weighted by atomic mass is 32.2. The van der Waals surface area contributed by atoms with E-state index in [0.29, 0.717) is 5.82 Å². The fourth-order valence-electron chi connectivity index (χ4n) is 1.18. The van der Waals surface area contributed by atoms with Crippen molar-refractivity contribution in [1.82, 2.24) is 9.97 Å². The SMILES string of the molecule is COC(=O)c1cncc(NC(C)CSC)n1. The number of nitrogens with one attached hydrogen (secondary N) is 1. The fraction of sp³-hybridized carbons (Fsp3) is 0.500. The Kier molecular flexibility index (Phi) is 5.04. The summed E-state index contributed by atoms with van der Waals surface area (Å²) in [5, 5.41) is 3.16. The van der Waals surface area contributed by atoms with Crippen LogP contribution >= 0.6 is 11.8 Å². The van der Waals surface area contributed by atoms with Crippen molar-refractivity contribution in [1.29, 1.82) is 0 Å². The van der Waals surface area contributed by atoms with Crippen LogP contribution in [-0.2, 0) is 4.74 Å². The maximum Gasteiger partial charge on any atom is 0.358 e. The van der Waals surface area contributed by atoms with Crippen LogP contribution in [0.4, 0.5) is 5.82 Å². The molecule has 5 nitrogen and oxygen atoms in total. The Hall–Kier alpha value is -1.30. The zero-order valence-corrected chi connectivity index (χ0v) is 10.4. The number of carbonyl (C=O) groups is 1. The van der Waals surface area contributed by atoms with Crippen LogP contribution in [0.15, 0.2) is 12.4 Å². The minimum Gasteiger partial charge on any atom is -0.464 e. The molecule has 0 radical (unpaired) electrons. The van der Waals surface area contributed by atoms with E-state index in [1.807, 2.05) is 13.2 Å². The molecule has 1 aromatic heterocycles. The van der Waals surface area contributed by atoms with Gasteiger partial charge in [-0.05, 0) is 13.2 Å². The first kappa shape index (κ1) is 12.8. The second-order valence-corrected chi connectivity index (χ2v) is 4.19. The molecule has 0 amide bonds. The molecule has 1 aromatic rings. The van der Waals surface area contributed by atoms with Crippen LogP contribution in [0.3, 0.4) is 0 Å². The van der Waals surface area contributed by atoms with Gasteiger partial charge in [0.05, 0.1) is 19.5 Å². The van der Waals surface area contributed by atoms with Gasteiger partial charge in [-0.1, -0.05) is 0 Å². The summed E-state index contributed by atoms with van der Waals surface area (Å²) < 4.78 is 4.57. The number of aromatic nitrogens is 2. The van der Waals surface area contributed by atoms with Crippen molar-refractivity contribution in [3.8, 4) is 0 Å². The summed E-state index contributed by atoms with van der Waals surface area (Å²) in [6.45, 7) is 2.04. The van der Waals surface area contributed by atoms with E-state index in [1.54, 1.807) is 18.0 Å². The van der Waals surface area contributed by atoms with Crippen LogP contribution in [-0.4, -0.2) is 41.1 Å². The van der Waals surface area contributed by atoms with E-state index in [9.17, 15) is 4.79 Å². The predicted molar refractivity (Wildman–Crippen MR) is 64.8 cm³/mol. The Morgan fingerprint density at radius 1 is 1.62 bits per heavy atom. The van der Waals surface area contributed by atoms with Crippen molar-refractivity contribution in [2.24, 2.45) is 0 Å². The maximum atomic E-state index is 11.2. The van der Waals surface area contributed by atoms with Crippen LogP contribution in [0.2, 0.25) is 0 Å². The van der Waals surface area contributed by atoms with E-state index in [1.165, 1.54) is 13.3 Å². The van der Waals surface area contributed by atoms with Crippen molar-refractivity contribution in [3.05, 3.63) is 18.1 Å². The molecule has 88 valence electrons. The average molecular weight is 241 g/mol. The van der Waals surface area contributed by atoms with E-state index < -0.39 is 5.97 Å². The number of ether oxygens (including phenoxy) is 1. The van der Waals surface area contributed by atoms with Gasteiger partial charge in [0.25, 0.3) is 0 Å². The normalized spacial score (nSPS) is 11.9. The number of carbonyl (C=O) groups excluding carboxylic acids is 1. The first-order valence-corrected chi connectivity index (χ1v) is 6.22. The molecule has 1 rings (SSSR count). The average Bonchev–Trinajstić information content (AvgIpc) is 2.28. The summed E-state index contributed by atoms with van der Waals surface area (Å²) in [7, 11) is 1.32. The zero-order valence-electron chi connectivity index (χ0n) is 9.56. The standard InChI is InChI=1S/C10H15N3O2S/c1-7(6-16-3)12-9-5-11-4-8(13-9)10(14)15-2/h4-5,7H,6H2,1-3H3,(H,12,13). The summed E-state index contributed by atoms with van der Waals surface area (Å²) >= 11 is 1.74. The largest absolute Gasteiger partial charge is 0.464 e. The summed E-state index contributed by atoms with van der Waals surface area (Å²) in [6, 6.07) is 0.275. The Morgan fingerprint density at radius 2 is 2.38 bits per heavy atom. The number of nitrogens with zero attached hydrogens (tertiary/aromatic N) is 2. The molecule has 0 aliphatic rings. The highest BCUT2D eigenvalue weighted by Gasteiger charge is 2.09. The zero-order chi connectivity index (χ0) is 12.0. The Balaban J connectivity index is 2.70. The topological polar surface area (TPSA) is 64.1 Å². The monoisotopic (exact) mass is 241 g/mol. The minimum atomic E-state index is -0.478. The van der Waals surface area contributed by atoms with Gasteiger partial charge in [0, 0.05) is 11.8 Å². The van der Waals surface area contributed by atoms with Gasteiger partial charge in [0.2, 0.25) is 0 Å². The Bertz CT molecular complexity index is 360. The lowest BCUT2D eigenvalue weighted by atomic mass is 10.4. The lowest BCUT2D eigenvalue weighted by molar-refractivity contribution is 0.0593. The van der Waals surface area contributed by atoms with E-state index in [-0.39, 0.29) is 11.7 Å². The van der Waals surface area contributed by atoms with Gasteiger partial charge in [-0.15, -0.1) is 0 Å². The number of methoxy groups -OCH3 is 1. The molecule has 1 heterocycles. The molecule has 0 bridgehead atoms. The molecule has 0 aliphatic heterocycles. The number of hydrogen-bond donors (Lipinski definition) is 1. The number of rotatable bonds is 5. The number of hydrogen-bond acceptors (Lipinski definition) is 6.